The van der Waals surface area contributed by atoms with E-state index >= 15 is 0 Å². The molecule has 0 saturated heterocycles. The number of hydrogen-bond donors (Lipinski definition) is 1. The molecule has 4 aromatic rings. The highest BCUT2D eigenvalue weighted by molar-refractivity contribution is 6.31. The molecule has 1 N–H and O–H groups in total. The molecule has 5 rings (SSSR count). The number of carbonyl (C=O) groups is 1. The summed E-state index contributed by atoms with van der Waals surface area (Å²) in [6.45, 7) is 7.96. The van der Waals surface area contributed by atoms with Crippen molar-refractivity contribution in [2.75, 3.05) is 5.32 Å². The van der Waals surface area contributed by atoms with E-state index in [1.807, 2.05) is 74.8 Å². The molecular weight excluding hydrogens is 420 g/mol. The molecule has 5 nitrogen and oxygen atoms in total. The predicted octanol–water partition coefficient (Wildman–Crippen LogP) is 6.44. The minimum Gasteiger partial charge on any atom is -0.322 e. The van der Waals surface area contributed by atoms with Gasteiger partial charge in [0.05, 0.1) is 22.3 Å². The van der Waals surface area contributed by atoms with E-state index in [1.54, 1.807) is 0 Å². The summed E-state index contributed by atoms with van der Waals surface area (Å²) in [4.78, 5) is 18.5. The van der Waals surface area contributed by atoms with Crippen molar-refractivity contribution in [1.29, 1.82) is 0 Å². The Morgan fingerprint density at radius 2 is 1.81 bits per heavy atom. The number of nitrogens with one attached hydrogen (secondary N) is 1. The first kappa shape index (κ1) is 20.7. The third-order valence-electron chi connectivity index (χ3n) is 6.39. The zero-order valence-corrected chi connectivity index (χ0v) is 19.4. The molecule has 1 amide bonds. The van der Waals surface area contributed by atoms with Crippen LogP contribution in [0.25, 0.3) is 16.7 Å². The summed E-state index contributed by atoms with van der Waals surface area (Å²) in [5.41, 5.74) is 7.85. The van der Waals surface area contributed by atoms with Gasteiger partial charge in [0.25, 0.3) is 5.91 Å². The molecule has 0 atom stereocenters. The number of benzene rings is 2. The molecule has 1 fully saturated rings. The van der Waals surface area contributed by atoms with Gasteiger partial charge in [-0.1, -0.05) is 29.8 Å². The third kappa shape index (κ3) is 3.47. The van der Waals surface area contributed by atoms with E-state index < -0.39 is 0 Å². The minimum atomic E-state index is -0.140. The average molecular weight is 445 g/mol. The average Bonchev–Trinajstić information content (AvgIpc) is 3.57. The summed E-state index contributed by atoms with van der Waals surface area (Å²) in [6.07, 6.45) is 2.19. The van der Waals surface area contributed by atoms with Gasteiger partial charge in [0.1, 0.15) is 0 Å². The van der Waals surface area contributed by atoms with Gasteiger partial charge >= 0.3 is 0 Å². The molecule has 2 aromatic heterocycles. The quantitative estimate of drug-likeness (QED) is 0.394. The maximum Gasteiger partial charge on any atom is 0.256 e. The maximum absolute atomic E-state index is 13.5. The van der Waals surface area contributed by atoms with Crippen LogP contribution in [-0.2, 0) is 0 Å². The standard InChI is InChI=1S/C26H25ClN4O/c1-14-7-5-9-21(15(14)2)29-26(32)19-13-22(18-11-12-18)28-25-24(19)17(4)30-31(25)23-10-6-8-20(27)16(23)3/h5-10,13,18H,11-12H2,1-4H3,(H,29,32). The van der Waals surface area contributed by atoms with Crippen LogP contribution in [0, 0.1) is 27.7 Å². The van der Waals surface area contributed by atoms with Crippen molar-refractivity contribution < 1.29 is 4.79 Å². The second-order valence-electron chi connectivity index (χ2n) is 8.65. The SMILES string of the molecule is Cc1cccc(NC(=O)c2cc(C3CC3)nc3c2c(C)nn3-c2cccc(Cl)c2C)c1C. The Balaban J connectivity index is 1.69. The lowest BCUT2D eigenvalue weighted by atomic mass is 10.1. The Kier molecular flexibility index (Phi) is 5.01. The molecule has 1 aliphatic rings. The molecular formula is C26H25ClN4O. The molecule has 162 valence electrons. The lowest BCUT2D eigenvalue weighted by Crippen LogP contribution is -2.15. The van der Waals surface area contributed by atoms with Crippen molar-refractivity contribution in [2.24, 2.45) is 0 Å². The van der Waals surface area contributed by atoms with Crippen molar-refractivity contribution in [3.63, 3.8) is 0 Å². The summed E-state index contributed by atoms with van der Waals surface area (Å²) in [5.74, 6) is 0.259. The fraction of sp³-hybridized carbons (Fsp3) is 0.269. The van der Waals surface area contributed by atoms with E-state index in [0.717, 1.165) is 57.7 Å². The number of halogens is 1. The van der Waals surface area contributed by atoms with Crippen molar-refractivity contribution in [1.82, 2.24) is 14.8 Å². The van der Waals surface area contributed by atoms with E-state index in [2.05, 4.69) is 5.32 Å². The number of aryl methyl sites for hydroxylation is 2. The fourth-order valence-electron chi connectivity index (χ4n) is 4.15. The Morgan fingerprint density at radius 3 is 2.56 bits per heavy atom. The molecule has 0 bridgehead atoms. The number of fused-ring (bicyclic) bond motifs is 1. The van der Waals surface area contributed by atoms with Gasteiger partial charge in [-0.2, -0.15) is 5.10 Å². The Morgan fingerprint density at radius 1 is 1.06 bits per heavy atom. The Hall–Kier alpha value is -3.18. The summed E-state index contributed by atoms with van der Waals surface area (Å²) in [6, 6.07) is 13.6. The van der Waals surface area contributed by atoms with Crippen molar-refractivity contribution in [3.05, 3.63) is 81.1 Å². The first-order valence-corrected chi connectivity index (χ1v) is 11.3. The number of rotatable bonds is 4. The normalized spacial score (nSPS) is 13.5. The van der Waals surface area contributed by atoms with E-state index in [-0.39, 0.29) is 5.91 Å². The number of anilines is 1. The fourth-order valence-corrected chi connectivity index (χ4v) is 4.31. The Bertz CT molecular complexity index is 1380. The van der Waals surface area contributed by atoms with Crippen LogP contribution in [0.15, 0.2) is 42.5 Å². The van der Waals surface area contributed by atoms with Crippen LogP contribution in [0.1, 0.15) is 57.2 Å². The summed E-state index contributed by atoms with van der Waals surface area (Å²) in [7, 11) is 0. The maximum atomic E-state index is 13.5. The van der Waals surface area contributed by atoms with Gasteiger partial charge in [-0.25, -0.2) is 9.67 Å². The van der Waals surface area contributed by atoms with Gasteiger partial charge in [-0.3, -0.25) is 4.79 Å². The minimum absolute atomic E-state index is 0.140. The smallest absolute Gasteiger partial charge is 0.256 e. The second kappa shape index (κ2) is 7.75. The van der Waals surface area contributed by atoms with E-state index in [1.165, 1.54) is 0 Å². The van der Waals surface area contributed by atoms with Gasteiger partial charge in [-0.15, -0.1) is 0 Å². The van der Waals surface area contributed by atoms with Crippen molar-refractivity contribution >= 4 is 34.2 Å². The molecule has 0 spiro atoms. The highest BCUT2D eigenvalue weighted by Crippen LogP contribution is 2.41. The lowest BCUT2D eigenvalue weighted by molar-refractivity contribution is 0.102. The molecule has 2 heterocycles. The first-order chi connectivity index (χ1) is 15.3. The highest BCUT2D eigenvalue weighted by atomic mass is 35.5. The van der Waals surface area contributed by atoms with Crippen LogP contribution in [0.3, 0.4) is 0 Å². The largest absolute Gasteiger partial charge is 0.322 e. The monoisotopic (exact) mass is 444 g/mol. The first-order valence-electron chi connectivity index (χ1n) is 10.9. The van der Waals surface area contributed by atoms with Gasteiger partial charge in [-0.05, 0) is 81.5 Å². The van der Waals surface area contributed by atoms with Crippen LogP contribution in [0.2, 0.25) is 5.02 Å². The molecule has 2 aromatic carbocycles. The summed E-state index contributed by atoms with van der Waals surface area (Å²) >= 11 is 6.39. The zero-order valence-electron chi connectivity index (χ0n) is 18.7. The molecule has 0 unspecified atom stereocenters. The van der Waals surface area contributed by atoms with E-state index in [9.17, 15) is 4.79 Å². The van der Waals surface area contributed by atoms with Crippen molar-refractivity contribution in [3.8, 4) is 5.69 Å². The van der Waals surface area contributed by atoms with Crippen LogP contribution in [0.4, 0.5) is 5.69 Å². The van der Waals surface area contributed by atoms with Gasteiger partial charge in [0.2, 0.25) is 0 Å². The molecule has 0 aliphatic heterocycles. The topological polar surface area (TPSA) is 59.8 Å². The van der Waals surface area contributed by atoms with Crippen LogP contribution in [-0.4, -0.2) is 20.7 Å². The molecule has 1 aliphatic carbocycles. The highest BCUT2D eigenvalue weighted by Gasteiger charge is 2.29. The summed E-state index contributed by atoms with van der Waals surface area (Å²) < 4.78 is 1.83. The number of amides is 1. The van der Waals surface area contributed by atoms with Crippen molar-refractivity contribution in [2.45, 2.75) is 46.5 Å². The molecule has 1 saturated carbocycles. The summed E-state index contributed by atoms with van der Waals surface area (Å²) in [5, 5.41) is 9.35. The van der Waals surface area contributed by atoms with E-state index in [4.69, 9.17) is 21.7 Å². The predicted molar refractivity (Wildman–Crippen MR) is 129 cm³/mol. The molecule has 6 heteroatoms. The van der Waals surface area contributed by atoms with Crippen LogP contribution < -0.4 is 5.32 Å². The van der Waals surface area contributed by atoms with Gasteiger partial charge in [0, 0.05) is 22.3 Å². The Labute approximate surface area is 192 Å². The second-order valence-corrected chi connectivity index (χ2v) is 9.06. The van der Waals surface area contributed by atoms with E-state index in [0.29, 0.717) is 22.2 Å². The number of nitrogens with zero attached hydrogens (tertiary/aromatic N) is 3. The molecule has 32 heavy (non-hydrogen) atoms. The van der Waals surface area contributed by atoms with Crippen LogP contribution in [0.5, 0.6) is 0 Å². The molecule has 0 radical (unpaired) electrons. The third-order valence-corrected chi connectivity index (χ3v) is 6.80. The number of pyridine rings is 1. The number of hydrogen-bond acceptors (Lipinski definition) is 3. The van der Waals surface area contributed by atoms with Gasteiger partial charge in [0.15, 0.2) is 5.65 Å². The zero-order chi connectivity index (χ0) is 22.6. The van der Waals surface area contributed by atoms with Crippen LogP contribution >= 0.6 is 11.6 Å². The van der Waals surface area contributed by atoms with Gasteiger partial charge < -0.3 is 5.32 Å². The number of aromatic nitrogens is 3. The lowest BCUT2D eigenvalue weighted by Gasteiger charge is -2.13. The number of carbonyl (C=O) groups excluding carboxylic acids is 1.